The van der Waals surface area contributed by atoms with E-state index >= 15 is 0 Å². The van der Waals surface area contributed by atoms with Crippen LogP contribution in [0.25, 0.3) is 0 Å². The third-order valence-corrected chi connectivity index (χ3v) is 7.86. The van der Waals surface area contributed by atoms with Crippen molar-refractivity contribution in [1.82, 2.24) is 10.2 Å². The first-order chi connectivity index (χ1) is 20.7. The summed E-state index contributed by atoms with van der Waals surface area (Å²) in [5.41, 5.74) is 2.04. The lowest BCUT2D eigenvalue weighted by Gasteiger charge is -2.22. The molecule has 0 spiro atoms. The Morgan fingerprint density at radius 2 is 1.74 bits per heavy atom. The number of aryl methyl sites for hydroxylation is 1. The summed E-state index contributed by atoms with van der Waals surface area (Å²) < 4.78 is 13.5. The summed E-state index contributed by atoms with van der Waals surface area (Å²) in [6.07, 6.45) is -0.167. The van der Waals surface area contributed by atoms with E-state index < -0.39 is 6.04 Å². The number of hydrogen-bond acceptors (Lipinski definition) is 7. The van der Waals surface area contributed by atoms with E-state index in [4.69, 9.17) is 21.5 Å². The molecular weight excluding hydrogens is 683 g/mol. The Hall–Kier alpha value is -4.37. The Kier molecular flexibility index (Phi) is 9.31. The molecule has 2 N–H and O–H groups in total. The topological polar surface area (TPSA) is 121 Å². The number of aromatic nitrogens is 2. The molecule has 1 atom stereocenters. The van der Waals surface area contributed by atoms with E-state index in [1.54, 1.807) is 72.6 Å². The van der Waals surface area contributed by atoms with Crippen LogP contribution in [0, 0.1) is 3.57 Å². The molecule has 220 valence electrons. The number of carbonyl (C=O) groups excluding carboxylic acids is 3. The summed E-state index contributed by atoms with van der Waals surface area (Å²) in [5, 5.41) is 9.78. The minimum absolute atomic E-state index is 0.0317. The normalized spacial score (nSPS) is 14.6. The molecule has 43 heavy (non-hydrogen) atoms. The average Bonchev–Trinajstić information content (AvgIpc) is 3.46. The standard InChI is InChI=1S/C30H27IN6O5S/c1-3-41-23-15-13-22(14-16-23)37-29(40)24(17-26(38)32-21-11-9-20(31)10-12-21)36(30(37)43)18-25-28(42-34-35(25)2)33-27(39)19-7-5-4-6-8-19/h4-16,24H,3,17-18H2,1-2H3,(H-,32,33,34,38,39)/p+1. The zero-order chi connectivity index (χ0) is 30.5. The number of thiocarbonyl (C=S) groups is 1. The zero-order valence-corrected chi connectivity index (χ0v) is 26.3. The van der Waals surface area contributed by atoms with Gasteiger partial charge in [0.1, 0.15) is 18.3 Å². The Balaban J connectivity index is 1.43. The van der Waals surface area contributed by atoms with Crippen molar-refractivity contribution in [2.45, 2.75) is 25.9 Å². The highest BCUT2D eigenvalue weighted by atomic mass is 127. The molecule has 1 aliphatic heterocycles. The van der Waals surface area contributed by atoms with Crippen molar-refractivity contribution in [3.05, 3.63) is 93.7 Å². The third-order valence-electron chi connectivity index (χ3n) is 6.72. The highest BCUT2D eigenvalue weighted by Crippen LogP contribution is 2.31. The van der Waals surface area contributed by atoms with Crippen molar-refractivity contribution in [2.24, 2.45) is 7.05 Å². The molecule has 5 rings (SSSR count). The highest BCUT2D eigenvalue weighted by molar-refractivity contribution is 14.1. The first-order valence-electron chi connectivity index (χ1n) is 13.4. The fourth-order valence-electron chi connectivity index (χ4n) is 4.58. The Morgan fingerprint density at radius 1 is 1.05 bits per heavy atom. The van der Waals surface area contributed by atoms with Crippen LogP contribution >= 0.6 is 34.8 Å². The Morgan fingerprint density at radius 3 is 2.42 bits per heavy atom. The lowest BCUT2D eigenvalue weighted by atomic mass is 10.1. The number of hydrogen-bond donors (Lipinski definition) is 2. The molecule has 0 aliphatic carbocycles. The van der Waals surface area contributed by atoms with Crippen LogP contribution < -0.4 is 25.0 Å². The maximum Gasteiger partial charge on any atom is 0.307 e. The summed E-state index contributed by atoms with van der Waals surface area (Å²) in [7, 11) is 1.65. The van der Waals surface area contributed by atoms with Crippen LogP contribution in [0.15, 0.2) is 83.4 Å². The minimum Gasteiger partial charge on any atom is -0.494 e. The molecule has 1 fully saturated rings. The quantitative estimate of drug-likeness (QED) is 0.142. The number of amides is 3. The van der Waals surface area contributed by atoms with Crippen molar-refractivity contribution < 1.29 is 28.3 Å². The van der Waals surface area contributed by atoms with E-state index in [0.29, 0.717) is 35.0 Å². The van der Waals surface area contributed by atoms with Crippen LogP contribution in [0.2, 0.25) is 0 Å². The fraction of sp³-hybridized carbons (Fsp3) is 0.200. The smallest absolute Gasteiger partial charge is 0.307 e. The summed E-state index contributed by atoms with van der Waals surface area (Å²) >= 11 is 8.01. The Labute approximate surface area is 266 Å². The van der Waals surface area contributed by atoms with E-state index in [9.17, 15) is 14.4 Å². The molecule has 3 amide bonds. The van der Waals surface area contributed by atoms with Gasteiger partial charge in [0, 0.05) is 14.8 Å². The van der Waals surface area contributed by atoms with Crippen LogP contribution in [0.1, 0.15) is 29.4 Å². The predicted octanol–water partition coefficient (Wildman–Crippen LogP) is 4.29. The second-order valence-electron chi connectivity index (χ2n) is 9.58. The second-order valence-corrected chi connectivity index (χ2v) is 11.2. The molecule has 0 bridgehead atoms. The zero-order valence-electron chi connectivity index (χ0n) is 23.3. The summed E-state index contributed by atoms with van der Waals surface area (Å²) in [4.78, 5) is 43.0. The molecule has 11 nitrogen and oxygen atoms in total. The van der Waals surface area contributed by atoms with Crippen LogP contribution in [-0.2, 0) is 23.2 Å². The molecule has 0 saturated carbocycles. The van der Waals surface area contributed by atoms with Crippen LogP contribution in [0.4, 0.5) is 17.3 Å². The lowest BCUT2D eigenvalue weighted by molar-refractivity contribution is -0.746. The van der Waals surface area contributed by atoms with Gasteiger partial charge in [-0.25, -0.2) is 0 Å². The molecule has 1 aliphatic rings. The number of halogens is 1. The van der Waals surface area contributed by atoms with Gasteiger partial charge in [0.05, 0.1) is 18.7 Å². The van der Waals surface area contributed by atoms with Gasteiger partial charge in [-0.1, -0.05) is 18.2 Å². The minimum atomic E-state index is -0.935. The first-order valence-corrected chi connectivity index (χ1v) is 14.9. The van der Waals surface area contributed by atoms with Crippen LogP contribution in [0.5, 0.6) is 5.75 Å². The summed E-state index contributed by atoms with van der Waals surface area (Å²) in [6, 6.07) is 22.1. The molecule has 2 heterocycles. The molecule has 3 aromatic carbocycles. The monoisotopic (exact) mass is 711 g/mol. The molecule has 13 heteroatoms. The van der Waals surface area contributed by atoms with Gasteiger partial charge in [0.25, 0.3) is 17.5 Å². The van der Waals surface area contributed by atoms with Gasteiger partial charge < -0.3 is 15.0 Å². The van der Waals surface area contributed by atoms with E-state index in [1.165, 1.54) is 9.58 Å². The third kappa shape index (κ3) is 6.83. The maximum absolute atomic E-state index is 13.9. The molecular formula is C30H28IN6O5S+. The van der Waals surface area contributed by atoms with Gasteiger partial charge in [-0.3, -0.25) is 29.1 Å². The molecule has 1 aromatic heterocycles. The largest absolute Gasteiger partial charge is 0.494 e. The van der Waals surface area contributed by atoms with Gasteiger partial charge in [-0.2, -0.15) is 0 Å². The number of carbonyl (C=O) groups is 3. The number of benzene rings is 3. The predicted molar refractivity (Wildman–Crippen MR) is 172 cm³/mol. The molecule has 1 saturated heterocycles. The number of ether oxygens (including phenoxy) is 1. The van der Waals surface area contributed by atoms with Crippen molar-refractivity contribution in [1.29, 1.82) is 0 Å². The average molecular weight is 712 g/mol. The number of nitrogens with one attached hydrogen (secondary N) is 2. The maximum atomic E-state index is 13.9. The van der Waals surface area contributed by atoms with E-state index in [2.05, 4.69) is 38.5 Å². The van der Waals surface area contributed by atoms with E-state index in [-0.39, 0.29) is 41.7 Å². The fourth-order valence-corrected chi connectivity index (χ4v) is 5.32. The van der Waals surface area contributed by atoms with Crippen molar-refractivity contribution in [2.75, 3.05) is 22.1 Å². The number of rotatable bonds is 10. The molecule has 1 unspecified atom stereocenters. The summed E-state index contributed by atoms with van der Waals surface area (Å²) in [5.74, 6) is -0.338. The van der Waals surface area contributed by atoms with Crippen molar-refractivity contribution >= 4 is 74.9 Å². The van der Waals surface area contributed by atoms with Crippen LogP contribution in [0.3, 0.4) is 0 Å². The molecule has 0 radical (unpaired) electrons. The highest BCUT2D eigenvalue weighted by Gasteiger charge is 2.46. The van der Waals surface area contributed by atoms with Gasteiger partial charge in [0.15, 0.2) is 12.2 Å². The van der Waals surface area contributed by atoms with Gasteiger partial charge in [-0.05, 0) is 107 Å². The van der Waals surface area contributed by atoms with Gasteiger partial charge in [-0.15, -0.1) is 0 Å². The second kappa shape index (κ2) is 13.3. The summed E-state index contributed by atoms with van der Waals surface area (Å²) in [6.45, 7) is 2.42. The Bertz CT molecular complexity index is 1650. The SMILES string of the molecule is CCOc1ccc(N2C(=O)C(CC(=O)Nc3ccc(I)cc3)N(Cc3c(NC(=O)c4ccccc4)on[n+]3C)C2=S)cc1. The van der Waals surface area contributed by atoms with E-state index in [1.807, 2.05) is 25.1 Å². The number of anilines is 3. The molecule has 4 aromatic rings. The van der Waals surface area contributed by atoms with Crippen molar-refractivity contribution in [3.63, 3.8) is 0 Å². The first kappa shape index (κ1) is 30.1. The van der Waals surface area contributed by atoms with E-state index in [0.717, 1.165) is 3.57 Å². The van der Waals surface area contributed by atoms with Crippen LogP contribution in [-0.4, -0.2) is 45.7 Å². The van der Waals surface area contributed by atoms with Gasteiger partial charge >= 0.3 is 5.88 Å². The van der Waals surface area contributed by atoms with Gasteiger partial charge in [0.2, 0.25) is 11.2 Å². The lowest BCUT2D eigenvalue weighted by Crippen LogP contribution is -2.43. The number of nitrogens with zero attached hydrogens (tertiary/aromatic N) is 4. The van der Waals surface area contributed by atoms with Crippen molar-refractivity contribution in [3.8, 4) is 5.75 Å².